The maximum atomic E-state index is 12.4. The number of carbonyl (C=O) groups is 1. The van der Waals surface area contributed by atoms with Gasteiger partial charge in [-0.3, -0.25) is 10.1 Å². The van der Waals surface area contributed by atoms with Crippen LogP contribution in [0.1, 0.15) is 5.76 Å². The Balaban J connectivity index is 1.09. The molecule has 2 aromatic heterocycles. The number of nitrogens with zero attached hydrogens (tertiary/aromatic N) is 1. The molecule has 6 aromatic rings. The van der Waals surface area contributed by atoms with E-state index in [0.717, 1.165) is 21.9 Å². The topological polar surface area (TPSA) is 80.3 Å². The van der Waals surface area contributed by atoms with Crippen molar-refractivity contribution in [2.24, 2.45) is 0 Å². The molecule has 6 nitrogen and oxygen atoms in total. The number of aromatic nitrogens is 1. The summed E-state index contributed by atoms with van der Waals surface area (Å²) in [4.78, 5) is 17.0. The van der Waals surface area contributed by atoms with Crippen molar-refractivity contribution in [1.82, 2.24) is 10.3 Å². The minimum absolute atomic E-state index is 0.156. The van der Waals surface area contributed by atoms with E-state index >= 15 is 0 Å². The van der Waals surface area contributed by atoms with Crippen molar-refractivity contribution in [3.05, 3.63) is 114 Å². The Labute approximate surface area is 233 Å². The molecule has 0 saturated heterocycles. The largest absolute Gasteiger partial charge is 0.457 e. The molecule has 0 atom stereocenters. The van der Waals surface area contributed by atoms with Crippen molar-refractivity contribution in [1.29, 1.82) is 0 Å². The summed E-state index contributed by atoms with van der Waals surface area (Å²) in [5, 5.41) is 8.73. The highest BCUT2D eigenvalue weighted by Gasteiger charge is 2.11. The highest BCUT2D eigenvalue weighted by molar-refractivity contribution is 7.80. The van der Waals surface area contributed by atoms with Gasteiger partial charge in [0.1, 0.15) is 17.0 Å². The summed E-state index contributed by atoms with van der Waals surface area (Å²) >= 11 is 11.3. The normalized spacial score (nSPS) is 11.3. The summed E-state index contributed by atoms with van der Waals surface area (Å²) < 4.78 is 11.8. The molecule has 0 aliphatic carbocycles. The van der Waals surface area contributed by atoms with Gasteiger partial charge in [-0.05, 0) is 95.8 Å². The minimum Gasteiger partial charge on any atom is -0.457 e. The van der Waals surface area contributed by atoms with Gasteiger partial charge in [0.2, 0.25) is 11.8 Å². The molecule has 8 heteroatoms. The van der Waals surface area contributed by atoms with Gasteiger partial charge in [-0.2, -0.15) is 0 Å². The first-order chi connectivity index (χ1) is 19.0. The molecule has 0 aliphatic rings. The van der Waals surface area contributed by atoms with Crippen molar-refractivity contribution >= 4 is 68.5 Å². The van der Waals surface area contributed by atoms with Gasteiger partial charge in [0.25, 0.3) is 0 Å². The Bertz CT molecular complexity index is 1870. The van der Waals surface area contributed by atoms with Crippen molar-refractivity contribution in [3.63, 3.8) is 0 Å². The predicted molar refractivity (Wildman–Crippen MR) is 160 cm³/mol. The van der Waals surface area contributed by atoms with E-state index in [-0.39, 0.29) is 5.11 Å². The highest BCUT2D eigenvalue weighted by atomic mass is 35.5. The summed E-state index contributed by atoms with van der Waals surface area (Å²) in [6.07, 6.45) is 2.93. The molecule has 190 valence electrons. The van der Waals surface area contributed by atoms with E-state index in [1.165, 1.54) is 6.08 Å². The fourth-order valence-electron chi connectivity index (χ4n) is 4.14. The number of rotatable bonds is 5. The molecule has 4 aromatic carbocycles. The van der Waals surface area contributed by atoms with Gasteiger partial charge in [0.15, 0.2) is 10.7 Å². The summed E-state index contributed by atoms with van der Waals surface area (Å²) in [6, 6.07) is 30.6. The first-order valence-corrected chi connectivity index (χ1v) is 12.8. The average molecular weight is 550 g/mol. The van der Waals surface area contributed by atoms with E-state index in [9.17, 15) is 4.79 Å². The number of oxazole rings is 1. The third-order valence-electron chi connectivity index (χ3n) is 6.03. The summed E-state index contributed by atoms with van der Waals surface area (Å²) in [5.41, 5.74) is 3.78. The number of hydrogen-bond donors (Lipinski definition) is 2. The van der Waals surface area contributed by atoms with Crippen molar-refractivity contribution in [3.8, 4) is 22.8 Å². The summed E-state index contributed by atoms with van der Waals surface area (Å²) in [5.74, 6) is 1.35. The number of furan rings is 1. The fourth-order valence-corrected chi connectivity index (χ4v) is 4.48. The van der Waals surface area contributed by atoms with E-state index in [0.29, 0.717) is 39.2 Å². The Morgan fingerprint density at radius 1 is 0.846 bits per heavy atom. The van der Waals surface area contributed by atoms with Crippen LogP contribution >= 0.6 is 23.8 Å². The van der Waals surface area contributed by atoms with Gasteiger partial charge in [-0.1, -0.05) is 41.9 Å². The Kier molecular flexibility index (Phi) is 6.67. The molecule has 2 N–H and O–H groups in total. The third-order valence-corrected chi connectivity index (χ3v) is 6.49. The number of carbonyl (C=O) groups excluding carboxylic acids is 1. The molecule has 0 unspecified atom stereocenters. The molecule has 0 fully saturated rings. The van der Waals surface area contributed by atoms with Crippen LogP contribution in [0.2, 0.25) is 5.02 Å². The quantitative estimate of drug-likeness (QED) is 0.167. The Morgan fingerprint density at radius 3 is 2.49 bits per heavy atom. The number of halogens is 1. The van der Waals surface area contributed by atoms with Crippen LogP contribution in [0.25, 0.3) is 50.7 Å². The van der Waals surface area contributed by atoms with Crippen molar-refractivity contribution in [2.75, 3.05) is 5.32 Å². The standard InChI is InChI=1S/C31H20ClN3O3S/c32-23-9-7-20(8-10-23)27-15-12-25(37-27)13-16-29(36)35-31(39)33-24-11-14-28-26(18-24)34-30(38-28)22-6-5-19-3-1-2-4-21(19)17-22/h1-18H,(H2,33,35,36,39). The van der Waals surface area contributed by atoms with Crippen LogP contribution in [0.5, 0.6) is 0 Å². The first-order valence-electron chi connectivity index (χ1n) is 12.1. The lowest BCUT2D eigenvalue weighted by Gasteiger charge is -2.07. The highest BCUT2D eigenvalue weighted by Crippen LogP contribution is 2.29. The van der Waals surface area contributed by atoms with E-state index in [1.807, 2.05) is 60.7 Å². The lowest BCUT2D eigenvalue weighted by molar-refractivity contribution is -0.115. The summed E-state index contributed by atoms with van der Waals surface area (Å²) in [6.45, 7) is 0. The van der Waals surface area contributed by atoms with Crippen molar-refractivity contribution < 1.29 is 13.6 Å². The second-order valence-corrected chi connectivity index (χ2v) is 9.59. The van der Waals surface area contributed by atoms with Gasteiger partial charge < -0.3 is 14.2 Å². The zero-order chi connectivity index (χ0) is 26.8. The number of hydrogen-bond acceptors (Lipinski definition) is 5. The van der Waals surface area contributed by atoms with Crippen LogP contribution in [0.3, 0.4) is 0 Å². The van der Waals surface area contributed by atoms with Gasteiger partial charge in [-0.15, -0.1) is 0 Å². The molecule has 39 heavy (non-hydrogen) atoms. The van der Waals surface area contributed by atoms with Crippen LogP contribution in [0.4, 0.5) is 5.69 Å². The third kappa shape index (κ3) is 5.60. The van der Waals surface area contributed by atoms with Gasteiger partial charge in [-0.25, -0.2) is 4.98 Å². The molecule has 6 rings (SSSR count). The molecule has 0 saturated carbocycles. The zero-order valence-corrected chi connectivity index (χ0v) is 21.9. The van der Waals surface area contributed by atoms with E-state index < -0.39 is 5.91 Å². The minimum atomic E-state index is -0.391. The average Bonchev–Trinajstić information content (AvgIpc) is 3.59. The molecule has 0 spiro atoms. The van der Waals surface area contributed by atoms with Gasteiger partial charge >= 0.3 is 0 Å². The Morgan fingerprint density at radius 2 is 1.64 bits per heavy atom. The Hall–Kier alpha value is -4.72. The molecule has 0 bridgehead atoms. The maximum Gasteiger partial charge on any atom is 0.250 e. The number of anilines is 1. The number of nitrogens with one attached hydrogen (secondary N) is 2. The van der Waals surface area contributed by atoms with E-state index in [2.05, 4.69) is 33.8 Å². The van der Waals surface area contributed by atoms with Crippen LogP contribution < -0.4 is 10.6 Å². The number of fused-ring (bicyclic) bond motifs is 2. The second-order valence-electron chi connectivity index (χ2n) is 8.75. The number of benzene rings is 4. The first kappa shape index (κ1) is 24.6. The summed E-state index contributed by atoms with van der Waals surface area (Å²) in [7, 11) is 0. The lowest BCUT2D eigenvalue weighted by Crippen LogP contribution is -2.32. The van der Waals surface area contributed by atoms with E-state index in [4.69, 9.17) is 32.7 Å². The molecule has 0 radical (unpaired) electrons. The fraction of sp³-hybridized carbons (Fsp3) is 0. The molecule has 2 heterocycles. The lowest BCUT2D eigenvalue weighted by atomic mass is 10.1. The second kappa shape index (κ2) is 10.6. The zero-order valence-electron chi connectivity index (χ0n) is 20.4. The molecule has 1 amide bonds. The smallest absolute Gasteiger partial charge is 0.250 e. The van der Waals surface area contributed by atoms with Crippen molar-refractivity contribution in [2.45, 2.75) is 0 Å². The maximum absolute atomic E-state index is 12.4. The molecule has 0 aliphatic heterocycles. The SMILES string of the molecule is O=C(C=Cc1ccc(-c2ccc(Cl)cc2)o1)NC(=S)Nc1ccc2oc(-c3ccc4ccccc4c3)nc2c1. The predicted octanol–water partition coefficient (Wildman–Crippen LogP) is 8.09. The van der Waals surface area contributed by atoms with Gasteiger partial charge in [0.05, 0.1) is 0 Å². The van der Waals surface area contributed by atoms with Crippen LogP contribution in [-0.4, -0.2) is 16.0 Å². The van der Waals surface area contributed by atoms with Crippen LogP contribution in [-0.2, 0) is 4.79 Å². The monoisotopic (exact) mass is 549 g/mol. The molecular formula is C31H20ClN3O3S. The van der Waals surface area contributed by atoms with E-state index in [1.54, 1.807) is 24.3 Å². The number of thiocarbonyl (C=S) groups is 1. The van der Waals surface area contributed by atoms with Crippen LogP contribution in [0, 0.1) is 0 Å². The van der Waals surface area contributed by atoms with Gasteiger partial charge in [0, 0.05) is 27.9 Å². The molecular weight excluding hydrogens is 530 g/mol. The van der Waals surface area contributed by atoms with Crippen LogP contribution in [0.15, 0.2) is 112 Å². The number of amides is 1.